The molecule has 5 nitrogen and oxygen atoms in total. The number of aromatic amines is 1. The molecule has 2 aromatic carbocycles. The van der Waals surface area contributed by atoms with Crippen LogP contribution in [0.25, 0.3) is 10.9 Å². The van der Waals surface area contributed by atoms with E-state index in [2.05, 4.69) is 16.4 Å². The van der Waals surface area contributed by atoms with Crippen LogP contribution in [0.1, 0.15) is 48.7 Å². The molecule has 0 bridgehead atoms. The van der Waals surface area contributed by atoms with Crippen LogP contribution in [0.5, 0.6) is 5.75 Å². The first-order valence-electron chi connectivity index (χ1n) is 12.6. The normalized spacial score (nSPS) is 19.9. The second-order valence-corrected chi connectivity index (χ2v) is 10.0. The van der Waals surface area contributed by atoms with Crippen molar-refractivity contribution in [1.29, 1.82) is 0 Å². The molecule has 2 heterocycles. The number of hydrogen-bond acceptors (Lipinski definition) is 4. The standard InChI is InChI=1S/C28H36F3N3O2/c1-18-13-20(36-12-11-32-10-6-9-29)15-23(30)25(18)27-26-22(21-7-4-5-8-24(21)33-26)14-19(2)34(27)16-28(3,31)17-35/h4-5,7-8,13,15,19,27,32-33,35H,6,9-12,14,16-17H2,1-3H3/t19-,27?,28?/m1/s1. The predicted octanol–water partition coefficient (Wildman–Crippen LogP) is 5.00. The van der Waals surface area contributed by atoms with Crippen molar-refractivity contribution in [1.82, 2.24) is 15.2 Å². The zero-order chi connectivity index (χ0) is 25.9. The van der Waals surface area contributed by atoms with Gasteiger partial charge in [-0.05, 0) is 63.4 Å². The summed E-state index contributed by atoms with van der Waals surface area (Å²) in [5, 5.41) is 13.8. The lowest BCUT2D eigenvalue weighted by atomic mass is 9.85. The Kier molecular flexibility index (Phi) is 8.27. The van der Waals surface area contributed by atoms with Gasteiger partial charge in [-0.1, -0.05) is 18.2 Å². The van der Waals surface area contributed by atoms with Crippen LogP contribution in [-0.2, 0) is 6.42 Å². The third kappa shape index (κ3) is 5.56. The molecule has 0 amide bonds. The van der Waals surface area contributed by atoms with Gasteiger partial charge >= 0.3 is 0 Å². The maximum Gasteiger partial charge on any atom is 0.143 e. The van der Waals surface area contributed by atoms with Crippen molar-refractivity contribution in [2.75, 3.05) is 39.5 Å². The highest BCUT2D eigenvalue weighted by Gasteiger charge is 2.41. The molecule has 0 radical (unpaired) electrons. The fourth-order valence-electron chi connectivity index (χ4n) is 5.21. The minimum atomic E-state index is -1.83. The molecule has 3 atom stereocenters. The van der Waals surface area contributed by atoms with Crippen molar-refractivity contribution in [3.05, 3.63) is 64.6 Å². The van der Waals surface area contributed by atoms with E-state index in [4.69, 9.17) is 4.74 Å². The molecule has 0 spiro atoms. The number of fused-ring (bicyclic) bond motifs is 3. The van der Waals surface area contributed by atoms with Crippen molar-refractivity contribution in [3.63, 3.8) is 0 Å². The van der Waals surface area contributed by atoms with E-state index in [1.165, 1.54) is 13.0 Å². The molecular weight excluding hydrogens is 467 g/mol. The molecule has 0 saturated heterocycles. The van der Waals surface area contributed by atoms with Gasteiger partial charge in [0.2, 0.25) is 0 Å². The lowest BCUT2D eigenvalue weighted by Gasteiger charge is -2.43. The summed E-state index contributed by atoms with van der Waals surface area (Å²) in [7, 11) is 0. The second kappa shape index (κ2) is 11.2. The molecule has 36 heavy (non-hydrogen) atoms. The summed E-state index contributed by atoms with van der Waals surface area (Å²) < 4.78 is 48.9. The highest BCUT2D eigenvalue weighted by Crippen LogP contribution is 2.44. The number of nitrogens with zero attached hydrogens (tertiary/aromatic N) is 1. The summed E-state index contributed by atoms with van der Waals surface area (Å²) in [5.74, 6) is -0.00679. The summed E-state index contributed by atoms with van der Waals surface area (Å²) in [6.07, 6.45) is 1.14. The van der Waals surface area contributed by atoms with E-state index in [-0.39, 0.29) is 19.3 Å². The van der Waals surface area contributed by atoms with Crippen LogP contribution in [0.3, 0.4) is 0 Å². The van der Waals surface area contributed by atoms with E-state index in [0.29, 0.717) is 49.4 Å². The second-order valence-electron chi connectivity index (χ2n) is 10.0. The van der Waals surface area contributed by atoms with Gasteiger partial charge in [-0.2, -0.15) is 0 Å². The highest BCUT2D eigenvalue weighted by molar-refractivity contribution is 5.85. The number of aryl methyl sites for hydroxylation is 1. The van der Waals surface area contributed by atoms with E-state index in [1.807, 2.05) is 36.9 Å². The zero-order valence-corrected chi connectivity index (χ0v) is 21.2. The lowest BCUT2D eigenvalue weighted by molar-refractivity contribution is 0.0167. The summed E-state index contributed by atoms with van der Waals surface area (Å²) in [4.78, 5) is 5.44. The number of aliphatic hydroxyl groups excluding tert-OH is 1. The van der Waals surface area contributed by atoms with Gasteiger partial charge in [0, 0.05) is 47.4 Å². The minimum Gasteiger partial charge on any atom is -0.492 e. The van der Waals surface area contributed by atoms with Gasteiger partial charge in [0.15, 0.2) is 0 Å². The first-order valence-corrected chi connectivity index (χ1v) is 12.6. The Morgan fingerprint density at radius 3 is 2.75 bits per heavy atom. The molecule has 2 unspecified atom stereocenters. The van der Waals surface area contributed by atoms with Crippen molar-refractivity contribution in [2.45, 2.75) is 51.4 Å². The zero-order valence-electron chi connectivity index (χ0n) is 21.2. The SMILES string of the molecule is Cc1cc(OCCNCCCF)cc(F)c1C1c2[nH]c3ccccc3c2C[C@@H](C)N1CC(C)(F)CO. The Labute approximate surface area is 210 Å². The van der Waals surface area contributed by atoms with Crippen LogP contribution in [0.2, 0.25) is 0 Å². The van der Waals surface area contributed by atoms with Crippen LogP contribution in [0.4, 0.5) is 13.2 Å². The number of rotatable bonds is 11. The number of alkyl halides is 2. The molecule has 8 heteroatoms. The van der Waals surface area contributed by atoms with Crippen molar-refractivity contribution in [2.24, 2.45) is 0 Å². The van der Waals surface area contributed by atoms with Gasteiger partial charge < -0.3 is 20.1 Å². The summed E-state index contributed by atoms with van der Waals surface area (Å²) in [6, 6.07) is 10.5. The average molecular weight is 504 g/mol. The fraction of sp³-hybridized carbons (Fsp3) is 0.500. The van der Waals surface area contributed by atoms with E-state index >= 15 is 8.78 Å². The first kappa shape index (κ1) is 26.5. The van der Waals surface area contributed by atoms with E-state index < -0.39 is 24.1 Å². The third-order valence-corrected chi connectivity index (χ3v) is 6.98. The number of H-pyrrole nitrogens is 1. The number of hydrogen-bond donors (Lipinski definition) is 3. The molecule has 0 aliphatic carbocycles. The van der Waals surface area contributed by atoms with Crippen molar-refractivity contribution < 1.29 is 23.0 Å². The fourth-order valence-corrected chi connectivity index (χ4v) is 5.21. The smallest absolute Gasteiger partial charge is 0.143 e. The summed E-state index contributed by atoms with van der Waals surface area (Å²) in [5.41, 5.74) is 2.27. The summed E-state index contributed by atoms with van der Waals surface area (Å²) >= 11 is 0. The van der Waals surface area contributed by atoms with E-state index in [0.717, 1.165) is 22.2 Å². The summed E-state index contributed by atoms with van der Waals surface area (Å²) in [6.45, 7) is 5.65. The number of aliphatic hydroxyl groups is 1. The maximum absolute atomic E-state index is 15.8. The molecular formula is C28H36F3N3O2. The van der Waals surface area contributed by atoms with Gasteiger partial charge in [0.1, 0.15) is 23.8 Å². The number of halogens is 3. The average Bonchev–Trinajstić information content (AvgIpc) is 3.20. The molecule has 0 saturated carbocycles. The Hall–Kier alpha value is -2.55. The Morgan fingerprint density at radius 2 is 2.03 bits per heavy atom. The Morgan fingerprint density at radius 1 is 1.25 bits per heavy atom. The van der Waals surface area contributed by atoms with Crippen LogP contribution in [-0.4, -0.2) is 66.2 Å². The molecule has 4 rings (SSSR count). The first-order chi connectivity index (χ1) is 17.3. The van der Waals surface area contributed by atoms with Gasteiger partial charge in [0.25, 0.3) is 0 Å². The topological polar surface area (TPSA) is 60.5 Å². The molecule has 1 aliphatic rings. The molecule has 3 N–H and O–H groups in total. The molecule has 3 aromatic rings. The number of ether oxygens (including phenoxy) is 1. The van der Waals surface area contributed by atoms with Gasteiger partial charge in [0.05, 0.1) is 19.3 Å². The van der Waals surface area contributed by atoms with Crippen molar-refractivity contribution >= 4 is 10.9 Å². The van der Waals surface area contributed by atoms with Gasteiger partial charge in [-0.3, -0.25) is 9.29 Å². The number of nitrogens with one attached hydrogen (secondary N) is 2. The quantitative estimate of drug-likeness (QED) is 0.323. The Balaban J connectivity index is 1.70. The van der Waals surface area contributed by atoms with Crippen LogP contribution in [0.15, 0.2) is 36.4 Å². The number of para-hydroxylation sites is 1. The van der Waals surface area contributed by atoms with Crippen molar-refractivity contribution in [3.8, 4) is 5.75 Å². The monoisotopic (exact) mass is 503 g/mol. The highest BCUT2D eigenvalue weighted by atomic mass is 19.1. The Bertz CT molecular complexity index is 1160. The molecule has 1 aliphatic heterocycles. The van der Waals surface area contributed by atoms with Crippen LogP contribution < -0.4 is 10.1 Å². The van der Waals surface area contributed by atoms with Crippen LogP contribution >= 0.6 is 0 Å². The minimum absolute atomic E-state index is 0.0359. The molecule has 196 valence electrons. The van der Waals surface area contributed by atoms with Crippen LogP contribution in [0, 0.1) is 12.7 Å². The molecule has 0 fully saturated rings. The lowest BCUT2D eigenvalue weighted by Crippen LogP contribution is -2.50. The maximum atomic E-state index is 15.8. The molecule has 1 aromatic heterocycles. The van der Waals surface area contributed by atoms with E-state index in [9.17, 15) is 9.50 Å². The number of benzene rings is 2. The van der Waals surface area contributed by atoms with Gasteiger partial charge in [-0.25, -0.2) is 8.78 Å². The largest absolute Gasteiger partial charge is 0.492 e. The van der Waals surface area contributed by atoms with E-state index in [1.54, 1.807) is 6.07 Å². The van der Waals surface area contributed by atoms with Gasteiger partial charge in [-0.15, -0.1) is 0 Å². The number of aromatic nitrogens is 1. The predicted molar refractivity (Wildman–Crippen MR) is 137 cm³/mol. The third-order valence-electron chi connectivity index (χ3n) is 6.98.